The molecule has 7 nitrogen and oxygen atoms in total. The summed E-state index contributed by atoms with van der Waals surface area (Å²) in [6, 6.07) is 9.15. The summed E-state index contributed by atoms with van der Waals surface area (Å²) in [4.78, 5) is 18.8. The van der Waals surface area contributed by atoms with Crippen molar-refractivity contribution in [3.63, 3.8) is 0 Å². The third kappa shape index (κ3) is 3.08. The number of carbonyl (C=O) groups excluding carboxylic acids is 1. The predicted octanol–water partition coefficient (Wildman–Crippen LogP) is 1.81. The summed E-state index contributed by atoms with van der Waals surface area (Å²) in [7, 11) is 1.87. The molecular weight excluding hydrogens is 334 g/mol. The monoisotopic (exact) mass is 357 g/mol. The Hall–Kier alpha value is -2.38. The molecule has 2 bridgehead atoms. The third-order valence-corrected chi connectivity index (χ3v) is 5.21. The van der Waals surface area contributed by atoms with E-state index in [0.29, 0.717) is 31.9 Å². The van der Waals surface area contributed by atoms with Crippen LogP contribution in [0.3, 0.4) is 0 Å². The maximum atomic E-state index is 12.7. The Morgan fingerprint density at radius 1 is 1.31 bits per heavy atom. The van der Waals surface area contributed by atoms with Crippen molar-refractivity contribution < 1.29 is 19.4 Å². The summed E-state index contributed by atoms with van der Waals surface area (Å²) in [6.07, 6.45) is 3.91. The summed E-state index contributed by atoms with van der Waals surface area (Å²) in [5.74, 6) is 0.631. The van der Waals surface area contributed by atoms with Crippen molar-refractivity contribution in [2.75, 3.05) is 13.2 Å². The van der Waals surface area contributed by atoms with Gasteiger partial charge in [0.1, 0.15) is 18.0 Å². The average molecular weight is 357 g/mol. The van der Waals surface area contributed by atoms with Gasteiger partial charge in [-0.15, -0.1) is 0 Å². The molecule has 2 unspecified atom stereocenters. The van der Waals surface area contributed by atoms with E-state index < -0.39 is 5.60 Å². The number of nitrogens with zero attached hydrogens (tertiary/aromatic N) is 3. The van der Waals surface area contributed by atoms with Crippen molar-refractivity contribution >= 4 is 6.09 Å². The highest BCUT2D eigenvalue weighted by Gasteiger charge is 2.50. The number of amides is 1. The van der Waals surface area contributed by atoms with Crippen molar-refractivity contribution in [1.29, 1.82) is 0 Å². The highest BCUT2D eigenvalue weighted by Crippen LogP contribution is 2.40. The van der Waals surface area contributed by atoms with Gasteiger partial charge in [0, 0.05) is 32.3 Å². The lowest BCUT2D eigenvalue weighted by Gasteiger charge is -2.50. The summed E-state index contributed by atoms with van der Waals surface area (Å²) in [5.41, 5.74) is -0.114. The van der Waals surface area contributed by atoms with Crippen LogP contribution >= 0.6 is 0 Å². The first-order chi connectivity index (χ1) is 12.6. The molecule has 2 aromatic rings. The Labute approximate surface area is 152 Å². The fourth-order valence-corrected chi connectivity index (χ4v) is 4.06. The van der Waals surface area contributed by atoms with Gasteiger partial charge >= 0.3 is 6.09 Å². The second-order valence-electron chi connectivity index (χ2n) is 7.09. The van der Waals surface area contributed by atoms with Crippen molar-refractivity contribution in [1.82, 2.24) is 14.5 Å². The molecule has 1 N–H and O–H groups in total. The largest absolute Gasteiger partial charge is 0.445 e. The topological polar surface area (TPSA) is 76.8 Å². The highest BCUT2D eigenvalue weighted by atomic mass is 16.6. The van der Waals surface area contributed by atoms with E-state index in [0.717, 1.165) is 5.56 Å². The first-order valence-corrected chi connectivity index (χ1v) is 8.84. The molecule has 2 aliphatic rings. The van der Waals surface area contributed by atoms with E-state index in [9.17, 15) is 9.90 Å². The number of aliphatic hydroxyl groups is 1. The Kier molecular flexibility index (Phi) is 4.42. The Morgan fingerprint density at radius 3 is 2.62 bits per heavy atom. The van der Waals surface area contributed by atoms with Crippen LogP contribution in [0, 0.1) is 0 Å². The SMILES string of the molecule is Cn1ccnc1C1(O)CC2COCC(C1)N2C(=O)OCc1ccccc1. The van der Waals surface area contributed by atoms with Crippen LogP contribution in [0.5, 0.6) is 0 Å². The van der Waals surface area contributed by atoms with Crippen molar-refractivity contribution in [3.05, 3.63) is 54.1 Å². The molecule has 0 aliphatic carbocycles. The number of fused-ring (bicyclic) bond motifs is 2. The van der Waals surface area contributed by atoms with Crippen molar-refractivity contribution in [3.8, 4) is 0 Å². The minimum atomic E-state index is -1.06. The molecule has 1 aromatic heterocycles. The summed E-state index contributed by atoms with van der Waals surface area (Å²) in [6.45, 7) is 1.02. The zero-order valence-corrected chi connectivity index (χ0v) is 14.7. The molecule has 1 amide bonds. The number of hydrogen-bond donors (Lipinski definition) is 1. The number of aryl methyl sites for hydroxylation is 1. The van der Waals surface area contributed by atoms with Gasteiger partial charge in [-0.3, -0.25) is 4.90 Å². The maximum absolute atomic E-state index is 12.7. The quantitative estimate of drug-likeness (QED) is 0.907. The van der Waals surface area contributed by atoms with Crippen LogP contribution in [0.4, 0.5) is 4.79 Å². The molecule has 4 rings (SSSR count). The van der Waals surface area contributed by atoms with Gasteiger partial charge in [-0.1, -0.05) is 30.3 Å². The minimum absolute atomic E-state index is 0.229. The van der Waals surface area contributed by atoms with Gasteiger partial charge in [-0.2, -0.15) is 0 Å². The molecule has 2 atom stereocenters. The Morgan fingerprint density at radius 2 is 2.00 bits per heavy atom. The average Bonchev–Trinajstić information content (AvgIpc) is 3.07. The molecule has 138 valence electrons. The standard InChI is InChI=1S/C19H23N3O4/c1-21-8-7-20-17(21)19(24)9-15-12-25-13-16(10-19)22(15)18(23)26-11-14-5-3-2-4-6-14/h2-8,15-16,24H,9-13H2,1H3. The third-order valence-electron chi connectivity index (χ3n) is 5.21. The van der Waals surface area contributed by atoms with Crippen molar-refractivity contribution in [2.45, 2.75) is 37.1 Å². The zero-order chi connectivity index (χ0) is 18.1. The number of imidazole rings is 1. The molecule has 0 radical (unpaired) electrons. The number of hydrogen-bond acceptors (Lipinski definition) is 5. The summed E-state index contributed by atoms with van der Waals surface area (Å²) < 4.78 is 13.0. The number of aromatic nitrogens is 2. The smallest absolute Gasteiger partial charge is 0.410 e. The van der Waals surface area contributed by atoms with E-state index in [1.54, 1.807) is 11.1 Å². The van der Waals surface area contributed by atoms with Gasteiger partial charge in [0.15, 0.2) is 0 Å². The highest BCUT2D eigenvalue weighted by molar-refractivity contribution is 5.69. The molecule has 26 heavy (non-hydrogen) atoms. The molecule has 2 saturated heterocycles. The van der Waals surface area contributed by atoms with Crippen LogP contribution in [0.1, 0.15) is 24.2 Å². The predicted molar refractivity (Wildman–Crippen MR) is 93.2 cm³/mol. The van der Waals surface area contributed by atoms with E-state index in [4.69, 9.17) is 9.47 Å². The number of morpholine rings is 1. The van der Waals surface area contributed by atoms with E-state index in [2.05, 4.69) is 4.98 Å². The maximum Gasteiger partial charge on any atom is 0.410 e. The van der Waals surface area contributed by atoms with Crippen LogP contribution in [-0.4, -0.2) is 50.9 Å². The lowest BCUT2D eigenvalue weighted by Crippen LogP contribution is -2.63. The first-order valence-electron chi connectivity index (χ1n) is 8.84. The minimum Gasteiger partial charge on any atom is -0.445 e. The fraction of sp³-hybridized carbons (Fsp3) is 0.474. The molecule has 2 fully saturated rings. The molecule has 7 heteroatoms. The molecule has 0 saturated carbocycles. The number of benzene rings is 1. The van der Waals surface area contributed by atoms with Gasteiger partial charge in [-0.05, 0) is 5.56 Å². The second-order valence-corrected chi connectivity index (χ2v) is 7.09. The summed E-state index contributed by atoms with van der Waals surface area (Å²) >= 11 is 0. The van der Waals surface area contributed by atoms with Crippen molar-refractivity contribution in [2.24, 2.45) is 7.05 Å². The number of piperidine rings is 1. The lowest BCUT2D eigenvalue weighted by atomic mass is 9.80. The van der Waals surface area contributed by atoms with Crippen LogP contribution < -0.4 is 0 Å². The molecule has 2 aliphatic heterocycles. The molecular formula is C19H23N3O4. The van der Waals surface area contributed by atoms with E-state index >= 15 is 0 Å². The van der Waals surface area contributed by atoms with Gasteiger partial charge in [0.2, 0.25) is 0 Å². The fourth-order valence-electron chi connectivity index (χ4n) is 4.06. The number of ether oxygens (including phenoxy) is 2. The number of carbonyl (C=O) groups is 1. The second kappa shape index (κ2) is 6.74. The van der Waals surface area contributed by atoms with E-state index in [-0.39, 0.29) is 24.8 Å². The summed E-state index contributed by atoms with van der Waals surface area (Å²) in [5, 5.41) is 11.2. The zero-order valence-electron chi connectivity index (χ0n) is 14.7. The van der Waals surface area contributed by atoms with Crippen LogP contribution in [0.25, 0.3) is 0 Å². The normalized spacial score (nSPS) is 28.0. The van der Waals surface area contributed by atoms with E-state index in [1.165, 1.54) is 0 Å². The van der Waals surface area contributed by atoms with Crippen LogP contribution in [-0.2, 0) is 28.7 Å². The molecule has 3 heterocycles. The van der Waals surface area contributed by atoms with Gasteiger partial charge in [-0.25, -0.2) is 9.78 Å². The molecule has 0 spiro atoms. The van der Waals surface area contributed by atoms with Crippen LogP contribution in [0.2, 0.25) is 0 Å². The Balaban J connectivity index is 1.49. The Bertz CT molecular complexity index is 762. The molecule has 1 aromatic carbocycles. The van der Waals surface area contributed by atoms with Crippen LogP contribution in [0.15, 0.2) is 42.7 Å². The first kappa shape index (κ1) is 17.1. The van der Waals surface area contributed by atoms with Gasteiger partial charge < -0.3 is 19.1 Å². The van der Waals surface area contributed by atoms with Gasteiger partial charge in [0.05, 0.1) is 25.3 Å². The van der Waals surface area contributed by atoms with E-state index in [1.807, 2.05) is 48.1 Å². The lowest BCUT2D eigenvalue weighted by molar-refractivity contribution is -0.140. The van der Waals surface area contributed by atoms with Gasteiger partial charge in [0.25, 0.3) is 0 Å². The number of rotatable bonds is 3.